The van der Waals surface area contributed by atoms with Gasteiger partial charge in [-0.1, -0.05) is 0 Å². The molecular formula is C11H16N4O3. The molecule has 1 aliphatic heterocycles. The van der Waals surface area contributed by atoms with Crippen molar-refractivity contribution in [3.8, 4) is 0 Å². The van der Waals surface area contributed by atoms with Crippen LogP contribution in [0.2, 0.25) is 0 Å². The fourth-order valence-corrected chi connectivity index (χ4v) is 1.82. The Morgan fingerprint density at radius 3 is 2.94 bits per heavy atom. The van der Waals surface area contributed by atoms with E-state index in [1.54, 1.807) is 0 Å². The molecule has 0 aliphatic carbocycles. The first-order chi connectivity index (χ1) is 8.65. The number of carbonyl (C=O) groups is 1. The number of hydrogen-bond donors (Lipinski definition) is 2. The molecular weight excluding hydrogens is 236 g/mol. The zero-order valence-corrected chi connectivity index (χ0v) is 9.96. The van der Waals surface area contributed by atoms with Crippen LogP contribution in [0, 0.1) is 0 Å². The zero-order valence-electron chi connectivity index (χ0n) is 9.96. The van der Waals surface area contributed by atoms with Crippen LogP contribution in [0.15, 0.2) is 17.1 Å². The van der Waals surface area contributed by atoms with Gasteiger partial charge in [0.2, 0.25) is 5.91 Å². The van der Waals surface area contributed by atoms with Crippen LogP contribution >= 0.6 is 0 Å². The van der Waals surface area contributed by atoms with Gasteiger partial charge in [0.15, 0.2) is 0 Å². The highest BCUT2D eigenvalue weighted by molar-refractivity contribution is 5.75. The van der Waals surface area contributed by atoms with E-state index in [9.17, 15) is 9.59 Å². The molecule has 0 aromatic carbocycles. The molecule has 2 heterocycles. The van der Waals surface area contributed by atoms with Crippen molar-refractivity contribution in [2.45, 2.75) is 25.4 Å². The fourth-order valence-electron chi connectivity index (χ4n) is 1.82. The van der Waals surface area contributed by atoms with E-state index in [2.05, 4.69) is 10.4 Å². The minimum absolute atomic E-state index is 0.0868. The molecule has 1 amide bonds. The number of nitrogens with one attached hydrogen (secondary N) is 1. The second-order valence-corrected chi connectivity index (χ2v) is 4.24. The van der Waals surface area contributed by atoms with Crippen LogP contribution in [0.25, 0.3) is 0 Å². The summed E-state index contributed by atoms with van der Waals surface area (Å²) in [4.78, 5) is 23.2. The Hall–Kier alpha value is -1.89. The molecule has 1 aliphatic rings. The lowest BCUT2D eigenvalue weighted by Crippen LogP contribution is -2.42. The molecule has 0 bridgehead atoms. The Bertz CT molecular complexity index is 479. The largest absolute Gasteiger partial charge is 0.397 e. The third-order valence-corrected chi connectivity index (χ3v) is 2.77. The van der Waals surface area contributed by atoms with E-state index in [4.69, 9.17) is 10.5 Å². The van der Waals surface area contributed by atoms with E-state index >= 15 is 0 Å². The second-order valence-electron chi connectivity index (χ2n) is 4.24. The number of nitrogens with two attached hydrogens (primary N) is 1. The van der Waals surface area contributed by atoms with Crippen LogP contribution in [0.5, 0.6) is 0 Å². The lowest BCUT2D eigenvalue weighted by atomic mass is 10.1. The normalized spacial score (nSPS) is 16.4. The Balaban J connectivity index is 1.92. The van der Waals surface area contributed by atoms with Gasteiger partial charge in [-0.05, 0) is 12.8 Å². The van der Waals surface area contributed by atoms with Crippen molar-refractivity contribution < 1.29 is 9.53 Å². The highest BCUT2D eigenvalue weighted by atomic mass is 16.5. The van der Waals surface area contributed by atoms with Crippen molar-refractivity contribution >= 4 is 11.6 Å². The first kappa shape index (κ1) is 12.6. The van der Waals surface area contributed by atoms with Gasteiger partial charge < -0.3 is 15.8 Å². The Morgan fingerprint density at radius 1 is 1.56 bits per heavy atom. The van der Waals surface area contributed by atoms with E-state index in [0.717, 1.165) is 17.5 Å². The molecule has 1 fully saturated rings. The van der Waals surface area contributed by atoms with Gasteiger partial charge in [0.25, 0.3) is 5.56 Å². The highest BCUT2D eigenvalue weighted by Crippen LogP contribution is 2.05. The minimum atomic E-state index is -0.378. The molecule has 0 spiro atoms. The maximum atomic E-state index is 11.7. The Kier molecular flexibility index (Phi) is 3.93. The summed E-state index contributed by atoms with van der Waals surface area (Å²) in [6.07, 6.45) is 2.95. The van der Waals surface area contributed by atoms with E-state index in [1.807, 2.05) is 0 Å². The van der Waals surface area contributed by atoms with Gasteiger partial charge in [-0.2, -0.15) is 5.10 Å². The van der Waals surface area contributed by atoms with Crippen LogP contribution in [-0.2, 0) is 16.1 Å². The number of hydrogen-bond acceptors (Lipinski definition) is 5. The number of amides is 1. The molecule has 7 heteroatoms. The summed E-state index contributed by atoms with van der Waals surface area (Å²) in [5.74, 6) is -0.221. The Morgan fingerprint density at radius 2 is 2.28 bits per heavy atom. The predicted molar refractivity (Wildman–Crippen MR) is 64.9 cm³/mol. The van der Waals surface area contributed by atoms with Crippen molar-refractivity contribution in [1.82, 2.24) is 15.1 Å². The van der Waals surface area contributed by atoms with Crippen molar-refractivity contribution in [2.24, 2.45) is 0 Å². The first-order valence-electron chi connectivity index (χ1n) is 5.85. The second kappa shape index (κ2) is 5.63. The minimum Gasteiger partial charge on any atom is -0.397 e. The summed E-state index contributed by atoms with van der Waals surface area (Å²) in [6.45, 7) is 1.23. The molecule has 7 nitrogen and oxygen atoms in total. The van der Waals surface area contributed by atoms with Gasteiger partial charge in [-0.15, -0.1) is 0 Å². The van der Waals surface area contributed by atoms with Crippen molar-refractivity contribution in [3.63, 3.8) is 0 Å². The number of rotatable bonds is 3. The van der Waals surface area contributed by atoms with Crippen LogP contribution < -0.4 is 16.6 Å². The standard InChI is InChI=1S/C11H16N4O3/c12-8-5-11(17)15(13-6-8)7-10(16)14-9-1-3-18-4-2-9/h5-6,9H,1-4,7,12H2,(H,14,16). The summed E-state index contributed by atoms with van der Waals surface area (Å²) < 4.78 is 6.29. The van der Waals surface area contributed by atoms with Crippen LogP contribution in [-0.4, -0.2) is 34.9 Å². The van der Waals surface area contributed by atoms with E-state index in [1.165, 1.54) is 12.3 Å². The van der Waals surface area contributed by atoms with E-state index in [-0.39, 0.29) is 24.1 Å². The summed E-state index contributed by atoms with van der Waals surface area (Å²) >= 11 is 0. The molecule has 1 saturated heterocycles. The molecule has 0 radical (unpaired) electrons. The predicted octanol–water partition coefficient (Wildman–Crippen LogP) is -0.879. The van der Waals surface area contributed by atoms with E-state index in [0.29, 0.717) is 18.9 Å². The number of nitrogens with zero attached hydrogens (tertiary/aromatic N) is 2. The highest BCUT2D eigenvalue weighted by Gasteiger charge is 2.16. The Labute approximate surface area is 104 Å². The molecule has 0 unspecified atom stereocenters. The SMILES string of the molecule is Nc1cnn(CC(=O)NC2CCOCC2)c(=O)c1. The lowest BCUT2D eigenvalue weighted by molar-refractivity contribution is -0.123. The topological polar surface area (TPSA) is 99.2 Å². The summed E-state index contributed by atoms with van der Waals surface area (Å²) in [7, 11) is 0. The number of aromatic nitrogens is 2. The van der Waals surface area contributed by atoms with Crippen molar-refractivity contribution in [3.05, 3.63) is 22.6 Å². The third-order valence-electron chi connectivity index (χ3n) is 2.77. The molecule has 2 rings (SSSR count). The fraction of sp³-hybridized carbons (Fsp3) is 0.545. The average molecular weight is 252 g/mol. The molecule has 0 atom stereocenters. The van der Waals surface area contributed by atoms with Gasteiger partial charge in [0.1, 0.15) is 6.54 Å². The molecule has 98 valence electrons. The zero-order chi connectivity index (χ0) is 13.0. The molecule has 18 heavy (non-hydrogen) atoms. The van der Waals surface area contributed by atoms with E-state index < -0.39 is 0 Å². The van der Waals surface area contributed by atoms with Crippen molar-refractivity contribution in [2.75, 3.05) is 18.9 Å². The smallest absolute Gasteiger partial charge is 0.269 e. The van der Waals surface area contributed by atoms with Crippen molar-refractivity contribution in [1.29, 1.82) is 0 Å². The van der Waals surface area contributed by atoms with Gasteiger partial charge in [-0.3, -0.25) is 9.59 Å². The monoisotopic (exact) mass is 252 g/mol. The summed E-state index contributed by atoms with van der Waals surface area (Å²) in [5.41, 5.74) is 5.33. The number of ether oxygens (including phenoxy) is 1. The van der Waals surface area contributed by atoms with Crippen LogP contribution in [0.3, 0.4) is 0 Å². The summed E-state index contributed by atoms with van der Waals surface area (Å²) in [5, 5.41) is 6.66. The molecule has 1 aromatic rings. The first-order valence-corrected chi connectivity index (χ1v) is 5.85. The van der Waals surface area contributed by atoms with Gasteiger partial charge in [-0.25, -0.2) is 4.68 Å². The summed E-state index contributed by atoms with van der Waals surface area (Å²) in [6, 6.07) is 1.37. The number of carbonyl (C=O) groups excluding carboxylic acids is 1. The number of anilines is 1. The van der Waals surface area contributed by atoms with Crippen LogP contribution in [0.1, 0.15) is 12.8 Å². The van der Waals surface area contributed by atoms with Gasteiger partial charge >= 0.3 is 0 Å². The lowest BCUT2D eigenvalue weighted by Gasteiger charge is -2.23. The average Bonchev–Trinajstić information content (AvgIpc) is 2.34. The van der Waals surface area contributed by atoms with Gasteiger partial charge in [0.05, 0.1) is 11.9 Å². The maximum absolute atomic E-state index is 11.7. The van der Waals surface area contributed by atoms with Gasteiger partial charge in [0, 0.05) is 25.3 Å². The number of nitrogen functional groups attached to an aromatic ring is 1. The maximum Gasteiger partial charge on any atom is 0.269 e. The molecule has 1 aromatic heterocycles. The molecule has 0 saturated carbocycles. The van der Waals surface area contributed by atoms with Crippen LogP contribution in [0.4, 0.5) is 5.69 Å². The molecule has 3 N–H and O–H groups in total. The quantitative estimate of drug-likeness (QED) is 0.728. The third kappa shape index (κ3) is 3.30.